The van der Waals surface area contributed by atoms with Crippen LogP contribution >= 0.6 is 12.4 Å². The Labute approximate surface area is 146 Å². The first kappa shape index (κ1) is 18.3. The van der Waals surface area contributed by atoms with E-state index in [0.717, 1.165) is 51.6 Å². The van der Waals surface area contributed by atoms with Crippen LogP contribution in [0.25, 0.3) is 0 Å². The molecule has 1 aliphatic carbocycles. The first-order valence-corrected chi connectivity index (χ1v) is 8.79. The second-order valence-corrected chi connectivity index (χ2v) is 6.84. The van der Waals surface area contributed by atoms with Crippen LogP contribution in [0.15, 0.2) is 30.3 Å². The number of likely N-dealkylation sites (N-methyl/N-ethyl adjacent to an activating group) is 1. The maximum absolute atomic E-state index is 12.8. The van der Waals surface area contributed by atoms with Crippen molar-refractivity contribution >= 4 is 18.3 Å². The van der Waals surface area contributed by atoms with Crippen molar-refractivity contribution < 1.29 is 4.79 Å². The van der Waals surface area contributed by atoms with Gasteiger partial charge in [0.2, 0.25) is 5.91 Å². The van der Waals surface area contributed by atoms with Crippen LogP contribution in [0.2, 0.25) is 0 Å². The lowest BCUT2D eigenvalue weighted by atomic mass is 9.78. The molecule has 1 N–H and O–H groups in total. The van der Waals surface area contributed by atoms with Crippen molar-refractivity contribution in [2.75, 3.05) is 20.1 Å². The molecule has 3 nitrogen and oxygen atoms in total. The molecular weight excluding hydrogens is 308 g/mol. The minimum absolute atomic E-state index is 0. The number of halogens is 1. The maximum atomic E-state index is 12.8. The fraction of sp³-hybridized carbons (Fsp3) is 0.632. The smallest absolute Gasteiger partial charge is 0.225 e. The predicted molar refractivity (Wildman–Crippen MR) is 97.1 cm³/mol. The first-order valence-electron chi connectivity index (χ1n) is 8.79. The quantitative estimate of drug-likeness (QED) is 0.911. The van der Waals surface area contributed by atoms with Gasteiger partial charge < -0.3 is 10.2 Å². The van der Waals surface area contributed by atoms with Crippen molar-refractivity contribution in [3.63, 3.8) is 0 Å². The van der Waals surface area contributed by atoms with E-state index in [1.54, 1.807) is 0 Å². The van der Waals surface area contributed by atoms with Crippen LogP contribution in [0.5, 0.6) is 0 Å². The van der Waals surface area contributed by atoms with Gasteiger partial charge in [0.25, 0.3) is 0 Å². The van der Waals surface area contributed by atoms with Gasteiger partial charge in [-0.05, 0) is 57.1 Å². The van der Waals surface area contributed by atoms with Gasteiger partial charge in [-0.2, -0.15) is 0 Å². The molecule has 128 valence electrons. The molecule has 0 bridgehead atoms. The molecule has 1 aliphatic heterocycles. The van der Waals surface area contributed by atoms with E-state index in [9.17, 15) is 4.79 Å². The molecule has 1 unspecified atom stereocenters. The Kier molecular flexibility index (Phi) is 6.91. The maximum Gasteiger partial charge on any atom is 0.225 e. The Morgan fingerprint density at radius 1 is 1.13 bits per heavy atom. The summed E-state index contributed by atoms with van der Waals surface area (Å²) in [6, 6.07) is 11.2. The summed E-state index contributed by atoms with van der Waals surface area (Å²) in [6.45, 7) is 1.90. The van der Waals surface area contributed by atoms with Crippen molar-refractivity contribution in [3.05, 3.63) is 35.9 Å². The lowest BCUT2D eigenvalue weighted by Gasteiger charge is -2.33. The summed E-state index contributed by atoms with van der Waals surface area (Å²) in [4.78, 5) is 15.0. The highest BCUT2D eigenvalue weighted by atomic mass is 35.5. The van der Waals surface area contributed by atoms with Crippen molar-refractivity contribution in [1.82, 2.24) is 10.2 Å². The molecule has 0 radical (unpaired) electrons. The molecule has 1 amide bonds. The van der Waals surface area contributed by atoms with Crippen LogP contribution in [-0.2, 0) is 4.79 Å². The molecule has 0 aromatic heterocycles. The summed E-state index contributed by atoms with van der Waals surface area (Å²) in [6.07, 6.45) is 6.75. The summed E-state index contributed by atoms with van der Waals surface area (Å²) in [5, 5.41) is 3.23. The van der Waals surface area contributed by atoms with Gasteiger partial charge in [0, 0.05) is 25.0 Å². The highest BCUT2D eigenvalue weighted by Gasteiger charge is 2.34. The van der Waals surface area contributed by atoms with Crippen LogP contribution in [0, 0.1) is 5.92 Å². The van der Waals surface area contributed by atoms with Crippen LogP contribution in [0.3, 0.4) is 0 Å². The monoisotopic (exact) mass is 336 g/mol. The van der Waals surface area contributed by atoms with Gasteiger partial charge in [-0.15, -0.1) is 12.4 Å². The first-order chi connectivity index (χ1) is 10.8. The molecule has 1 saturated carbocycles. The van der Waals surface area contributed by atoms with E-state index < -0.39 is 0 Å². The Morgan fingerprint density at radius 3 is 2.48 bits per heavy atom. The minimum Gasteiger partial charge on any atom is -0.338 e. The molecule has 4 heteroatoms. The van der Waals surface area contributed by atoms with E-state index in [2.05, 4.69) is 40.5 Å². The zero-order valence-corrected chi connectivity index (χ0v) is 14.9. The lowest BCUT2D eigenvalue weighted by Crippen LogP contribution is -2.44. The lowest BCUT2D eigenvalue weighted by molar-refractivity contribution is -0.137. The van der Waals surface area contributed by atoms with Crippen LogP contribution in [0.1, 0.15) is 50.0 Å². The highest BCUT2D eigenvalue weighted by Crippen LogP contribution is 2.37. The van der Waals surface area contributed by atoms with E-state index >= 15 is 0 Å². The molecule has 1 aromatic rings. The van der Waals surface area contributed by atoms with Crippen molar-refractivity contribution in [3.8, 4) is 0 Å². The third kappa shape index (κ3) is 4.27. The molecule has 2 fully saturated rings. The summed E-state index contributed by atoms with van der Waals surface area (Å²) in [5.41, 5.74) is 1.45. The minimum atomic E-state index is 0. The average Bonchev–Trinajstić information content (AvgIpc) is 3.04. The normalized spacial score (nSPS) is 27.5. The van der Waals surface area contributed by atoms with Crippen molar-refractivity contribution in [2.45, 2.75) is 50.5 Å². The largest absolute Gasteiger partial charge is 0.338 e. The number of hydrogen-bond acceptors (Lipinski definition) is 2. The Hall–Kier alpha value is -1.06. The van der Waals surface area contributed by atoms with E-state index in [-0.39, 0.29) is 18.3 Å². The number of carbonyl (C=O) groups is 1. The van der Waals surface area contributed by atoms with E-state index in [0.29, 0.717) is 17.9 Å². The number of nitrogens with zero attached hydrogens (tertiary/aromatic N) is 1. The van der Waals surface area contributed by atoms with Gasteiger partial charge in [0.15, 0.2) is 0 Å². The molecule has 23 heavy (non-hydrogen) atoms. The molecule has 1 heterocycles. The molecule has 0 spiro atoms. The summed E-state index contributed by atoms with van der Waals surface area (Å²) < 4.78 is 0. The third-order valence-electron chi connectivity index (χ3n) is 5.45. The zero-order chi connectivity index (χ0) is 15.4. The number of nitrogens with one attached hydrogen (secondary N) is 1. The third-order valence-corrected chi connectivity index (χ3v) is 5.45. The van der Waals surface area contributed by atoms with Gasteiger partial charge in [-0.1, -0.05) is 30.3 Å². The standard InChI is InChI=1S/C19H28N2O.ClH/c1-20-14-18-8-5-13-21(18)19(22)17-11-9-16(10-12-17)15-6-3-2-4-7-15;/h2-4,6-7,16-18,20H,5,8-14H2,1H3;1H. The SMILES string of the molecule is CNCC1CCCN1C(=O)C1CCC(c2ccccc2)CC1.Cl. The topological polar surface area (TPSA) is 32.3 Å². The summed E-state index contributed by atoms with van der Waals surface area (Å²) in [5.74, 6) is 1.33. The van der Waals surface area contributed by atoms with Crippen LogP contribution < -0.4 is 5.32 Å². The van der Waals surface area contributed by atoms with E-state index in [1.165, 1.54) is 5.56 Å². The Balaban J connectivity index is 0.00000192. The summed E-state index contributed by atoms with van der Waals surface area (Å²) in [7, 11) is 1.98. The number of benzene rings is 1. The molecule has 2 aliphatic rings. The second kappa shape index (κ2) is 8.70. The fourth-order valence-electron chi connectivity index (χ4n) is 4.21. The van der Waals surface area contributed by atoms with E-state index in [4.69, 9.17) is 0 Å². The fourth-order valence-corrected chi connectivity index (χ4v) is 4.21. The second-order valence-electron chi connectivity index (χ2n) is 6.84. The molecule has 1 saturated heterocycles. The highest BCUT2D eigenvalue weighted by molar-refractivity contribution is 5.85. The predicted octanol–water partition coefficient (Wildman–Crippen LogP) is 3.59. The molecule has 1 aromatic carbocycles. The summed E-state index contributed by atoms with van der Waals surface area (Å²) >= 11 is 0. The number of rotatable bonds is 4. The number of carbonyl (C=O) groups excluding carboxylic acids is 1. The van der Waals surface area contributed by atoms with Gasteiger partial charge in [-0.3, -0.25) is 4.79 Å². The Bertz CT molecular complexity index is 485. The number of likely N-dealkylation sites (tertiary alicyclic amines) is 1. The average molecular weight is 337 g/mol. The van der Waals surface area contributed by atoms with Gasteiger partial charge >= 0.3 is 0 Å². The van der Waals surface area contributed by atoms with Gasteiger partial charge in [-0.25, -0.2) is 0 Å². The van der Waals surface area contributed by atoms with Gasteiger partial charge in [0.05, 0.1) is 0 Å². The zero-order valence-electron chi connectivity index (χ0n) is 14.0. The van der Waals surface area contributed by atoms with Crippen molar-refractivity contribution in [2.24, 2.45) is 5.92 Å². The molecular formula is C19H29ClN2O. The van der Waals surface area contributed by atoms with Crippen LogP contribution in [-0.4, -0.2) is 37.0 Å². The van der Waals surface area contributed by atoms with E-state index in [1.807, 2.05) is 7.05 Å². The van der Waals surface area contributed by atoms with Gasteiger partial charge in [0.1, 0.15) is 0 Å². The number of hydrogen-bond donors (Lipinski definition) is 1. The molecule has 3 rings (SSSR count). The Morgan fingerprint density at radius 2 is 1.83 bits per heavy atom. The molecule has 1 atom stereocenters. The number of amides is 1. The van der Waals surface area contributed by atoms with Crippen molar-refractivity contribution in [1.29, 1.82) is 0 Å². The van der Waals surface area contributed by atoms with Crippen LogP contribution in [0.4, 0.5) is 0 Å².